The predicted molar refractivity (Wildman–Crippen MR) is 107 cm³/mol. The van der Waals surface area contributed by atoms with Gasteiger partial charge in [-0.3, -0.25) is 14.4 Å². The molecule has 0 aromatic heterocycles. The van der Waals surface area contributed by atoms with E-state index in [4.69, 9.17) is 9.47 Å². The van der Waals surface area contributed by atoms with E-state index in [-0.39, 0.29) is 31.6 Å². The normalized spacial score (nSPS) is 37.5. The van der Waals surface area contributed by atoms with Crippen LogP contribution in [0.15, 0.2) is 24.3 Å². The number of nitrogens with zero attached hydrogens (tertiary/aromatic N) is 2. The number of hydrogen-bond donors (Lipinski definition) is 1. The first-order valence-electron chi connectivity index (χ1n) is 10.6. The zero-order chi connectivity index (χ0) is 21.7. The highest BCUT2D eigenvalue weighted by Gasteiger charge is 2.71. The summed E-state index contributed by atoms with van der Waals surface area (Å²) in [4.78, 5) is 43.3. The summed E-state index contributed by atoms with van der Waals surface area (Å²) >= 11 is 0. The van der Waals surface area contributed by atoms with Crippen LogP contribution in [0.4, 0.5) is 0 Å². The van der Waals surface area contributed by atoms with Crippen LogP contribution in [-0.2, 0) is 23.9 Å². The number of amides is 2. The van der Waals surface area contributed by atoms with Gasteiger partial charge in [0.05, 0.1) is 25.2 Å². The predicted octanol–water partition coefficient (Wildman–Crippen LogP) is 0.650. The van der Waals surface area contributed by atoms with E-state index < -0.39 is 41.1 Å². The average molecular weight is 418 g/mol. The van der Waals surface area contributed by atoms with Gasteiger partial charge in [0.25, 0.3) is 0 Å². The molecule has 8 nitrogen and oxygen atoms in total. The van der Waals surface area contributed by atoms with E-state index >= 15 is 0 Å². The minimum Gasteiger partial charge on any atom is -0.465 e. The summed E-state index contributed by atoms with van der Waals surface area (Å²) in [5, 5.41) is 9.60. The van der Waals surface area contributed by atoms with Crippen molar-refractivity contribution in [2.24, 2.45) is 11.8 Å². The van der Waals surface area contributed by atoms with E-state index in [1.165, 1.54) is 4.90 Å². The van der Waals surface area contributed by atoms with Crippen molar-refractivity contribution in [1.29, 1.82) is 0 Å². The zero-order valence-corrected chi connectivity index (χ0v) is 17.7. The number of allylic oxidation sites excluding steroid dienone is 1. The summed E-state index contributed by atoms with van der Waals surface area (Å²) in [6.07, 6.45) is 8.25. The first-order chi connectivity index (χ1) is 14.2. The highest BCUT2D eigenvalue weighted by Crippen LogP contribution is 2.53. The van der Waals surface area contributed by atoms with Crippen LogP contribution in [-0.4, -0.2) is 82.3 Å². The van der Waals surface area contributed by atoms with Crippen LogP contribution in [0.5, 0.6) is 0 Å². The Bertz CT molecular complexity index is 800. The van der Waals surface area contributed by atoms with Gasteiger partial charge in [-0.05, 0) is 33.6 Å². The molecule has 2 fully saturated rings. The fraction of sp³-hybridized carbons (Fsp3) is 0.682. The number of esters is 1. The maximum Gasteiger partial charge on any atom is 0.312 e. The Hall–Kier alpha value is -2.19. The Morgan fingerprint density at radius 1 is 1.20 bits per heavy atom. The Morgan fingerprint density at radius 3 is 2.67 bits per heavy atom. The van der Waals surface area contributed by atoms with Gasteiger partial charge in [0, 0.05) is 18.6 Å². The molecule has 4 aliphatic rings. The van der Waals surface area contributed by atoms with Crippen LogP contribution >= 0.6 is 0 Å². The lowest BCUT2D eigenvalue weighted by Crippen LogP contribution is -2.58. The number of aliphatic hydroxyl groups is 1. The van der Waals surface area contributed by atoms with Gasteiger partial charge < -0.3 is 24.4 Å². The van der Waals surface area contributed by atoms with Gasteiger partial charge in [-0.25, -0.2) is 0 Å². The number of likely N-dealkylation sites (tertiary alicyclic amines) is 1. The molecule has 0 aromatic rings. The largest absolute Gasteiger partial charge is 0.465 e. The molecule has 0 aromatic carbocycles. The summed E-state index contributed by atoms with van der Waals surface area (Å²) in [6.45, 7) is 6.21. The lowest BCUT2D eigenvalue weighted by Gasteiger charge is -2.40. The van der Waals surface area contributed by atoms with E-state index in [1.54, 1.807) is 11.0 Å². The highest BCUT2D eigenvalue weighted by molar-refractivity contribution is 5.99. The summed E-state index contributed by atoms with van der Waals surface area (Å²) in [7, 11) is 0. The van der Waals surface area contributed by atoms with Gasteiger partial charge in [0.2, 0.25) is 11.8 Å². The fourth-order valence-electron chi connectivity index (χ4n) is 5.20. The standard InChI is InChI=1S/C22H30N2O6/c1-21(2,3)24-10-7-9-22-16(18(26)23(11-12-25)17(22)19(24)27)15-14(30-22)8-5-4-6-13-29-20(15)28/h5,7-9,14-17,25H,4,6,10-13H2,1-3H3/b8-5-/t14-,15+,16-,17?,22-/m0/s1. The van der Waals surface area contributed by atoms with Crippen LogP contribution < -0.4 is 0 Å². The Kier molecular flexibility index (Phi) is 5.26. The monoisotopic (exact) mass is 418 g/mol. The molecule has 0 saturated carbocycles. The second kappa shape index (κ2) is 7.50. The Balaban J connectivity index is 1.84. The third-order valence-corrected chi connectivity index (χ3v) is 6.50. The molecule has 4 rings (SSSR count). The molecule has 30 heavy (non-hydrogen) atoms. The van der Waals surface area contributed by atoms with Gasteiger partial charge in [-0.15, -0.1) is 0 Å². The number of hydrogen-bond acceptors (Lipinski definition) is 6. The van der Waals surface area contributed by atoms with Crippen LogP contribution in [0.1, 0.15) is 33.6 Å². The summed E-state index contributed by atoms with van der Waals surface area (Å²) in [5.74, 6) is -2.74. The van der Waals surface area contributed by atoms with Crippen LogP contribution in [0.2, 0.25) is 0 Å². The molecule has 1 N–H and O–H groups in total. The number of carbonyl (C=O) groups excluding carboxylic acids is 3. The molecule has 0 radical (unpaired) electrons. The molecule has 4 heterocycles. The lowest BCUT2D eigenvalue weighted by atomic mass is 9.78. The second-order valence-corrected chi connectivity index (χ2v) is 9.36. The number of aliphatic hydroxyl groups excluding tert-OH is 1. The molecule has 8 heteroatoms. The van der Waals surface area contributed by atoms with Crippen LogP contribution in [0.25, 0.3) is 0 Å². The summed E-state index contributed by atoms with van der Waals surface area (Å²) in [5.41, 5.74) is -1.72. The molecule has 1 unspecified atom stereocenters. The van der Waals surface area contributed by atoms with E-state index in [1.807, 2.05) is 39.0 Å². The quantitative estimate of drug-likeness (QED) is 0.523. The summed E-state index contributed by atoms with van der Waals surface area (Å²) in [6, 6.07) is -0.934. The fourth-order valence-corrected chi connectivity index (χ4v) is 5.20. The van der Waals surface area contributed by atoms with Crippen LogP contribution in [0.3, 0.4) is 0 Å². The second-order valence-electron chi connectivity index (χ2n) is 9.36. The van der Waals surface area contributed by atoms with Crippen molar-refractivity contribution in [3.05, 3.63) is 24.3 Å². The molecule has 4 aliphatic heterocycles. The third-order valence-electron chi connectivity index (χ3n) is 6.50. The molecular weight excluding hydrogens is 388 g/mol. The highest BCUT2D eigenvalue weighted by atomic mass is 16.6. The third kappa shape index (κ3) is 3.08. The molecule has 2 saturated heterocycles. The molecule has 0 bridgehead atoms. The van der Waals surface area contributed by atoms with E-state index in [0.717, 1.165) is 6.42 Å². The summed E-state index contributed by atoms with van der Waals surface area (Å²) < 4.78 is 11.9. The molecule has 164 valence electrons. The number of fused-ring (bicyclic) bond motifs is 2. The smallest absolute Gasteiger partial charge is 0.312 e. The first kappa shape index (κ1) is 21.1. The molecule has 1 spiro atoms. The molecular formula is C22H30N2O6. The number of β-amino-alcohol motifs (C(OH)–C–C–N with tert-alkyl or cyclic N) is 1. The van der Waals surface area contributed by atoms with Crippen molar-refractivity contribution in [2.45, 2.75) is 56.9 Å². The van der Waals surface area contributed by atoms with Gasteiger partial charge in [-0.1, -0.05) is 24.3 Å². The maximum absolute atomic E-state index is 13.7. The van der Waals surface area contributed by atoms with Gasteiger partial charge in [-0.2, -0.15) is 0 Å². The van der Waals surface area contributed by atoms with Gasteiger partial charge in [0.1, 0.15) is 17.6 Å². The van der Waals surface area contributed by atoms with Crippen molar-refractivity contribution < 1.29 is 29.0 Å². The lowest BCUT2D eigenvalue weighted by molar-refractivity contribution is -0.155. The van der Waals surface area contributed by atoms with Crippen molar-refractivity contribution >= 4 is 17.8 Å². The molecule has 5 atom stereocenters. The van der Waals surface area contributed by atoms with Crippen molar-refractivity contribution in [1.82, 2.24) is 9.80 Å². The average Bonchev–Trinajstić information content (AvgIpc) is 3.06. The van der Waals surface area contributed by atoms with E-state index in [2.05, 4.69) is 0 Å². The Labute approximate surface area is 176 Å². The Morgan fingerprint density at radius 2 is 1.97 bits per heavy atom. The number of carbonyl (C=O) groups is 3. The molecule has 0 aliphatic carbocycles. The van der Waals surface area contributed by atoms with E-state index in [9.17, 15) is 19.5 Å². The first-order valence-corrected chi connectivity index (χ1v) is 10.6. The number of rotatable bonds is 2. The minimum atomic E-state index is -1.26. The number of cyclic esters (lactones) is 1. The topological polar surface area (TPSA) is 96.4 Å². The number of ether oxygens (including phenoxy) is 2. The van der Waals surface area contributed by atoms with Crippen molar-refractivity contribution in [2.75, 3.05) is 26.3 Å². The SMILES string of the molecule is CC(C)(C)N1CC=C[C@]23O[C@H]4/C=C\CCCOC(=O)[C@H]4[C@H]2C(=O)N(CCO)C3C1=O. The van der Waals surface area contributed by atoms with Crippen LogP contribution in [0, 0.1) is 11.8 Å². The van der Waals surface area contributed by atoms with Crippen molar-refractivity contribution in [3.8, 4) is 0 Å². The van der Waals surface area contributed by atoms with Gasteiger partial charge >= 0.3 is 5.97 Å². The minimum absolute atomic E-state index is 0.00491. The zero-order valence-electron chi connectivity index (χ0n) is 17.7. The maximum atomic E-state index is 13.7. The van der Waals surface area contributed by atoms with Gasteiger partial charge in [0.15, 0.2) is 0 Å². The molecule has 2 amide bonds. The van der Waals surface area contributed by atoms with Crippen molar-refractivity contribution in [3.63, 3.8) is 0 Å². The van der Waals surface area contributed by atoms with E-state index in [0.29, 0.717) is 13.0 Å².